The van der Waals surface area contributed by atoms with Crippen molar-refractivity contribution in [3.05, 3.63) is 42.2 Å². The standard InChI is InChI=1S/C26H38N6O6/c1-2-25(34)37-18-22(16-33)38-32-11-7-21(8-12-32)30-9-4-10-31(14-13-30)24-6-3-5-23(29-24)26(35)27-15-20-17-36-19-28-20/h3,5-6,17,19,21-22,33H,2,4,7-16,18H2,1H3,(H,27,35). The van der Waals surface area contributed by atoms with E-state index in [1.165, 1.54) is 12.7 Å². The molecular weight excluding hydrogens is 492 g/mol. The van der Waals surface area contributed by atoms with E-state index < -0.39 is 6.10 Å². The summed E-state index contributed by atoms with van der Waals surface area (Å²) in [6.07, 6.45) is 5.54. The van der Waals surface area contributed by atoms with Gasteiger partial charge >= 0.3 is 5.97 Å². The van der Waals surface area contributed by atoms with Crippen LogP contribution in [0.4, 0.5) is 5.82 Å². The van der Waals surface area contributed by atoms with E-state index in [4.69, 9.17) is 14.0 Å². The number of aromatic nitrogens is 2. The molecule has 4 heterocycles. The Hall–Kier alpha value is -3.06. The van der Waals surface area contributed by atoms with E-state index in [0.29, 0.717) is 23.9 Å². The van der Waals surface area contributed by atoms with E-state index in [1.54, 1.807) is 13.0 Å². The Morgan fingerprint density at radius 3 is 2.76 bits per heavy atom. The smallest absolute Gasteiger partial charge is 0.305 e. The summed E-state index contributed by atoms with van der Waals surface area (Å²) in [5.74, 6) is 0.268. The van der Waals surface area contributed by atoms with Gasteiger partial charge in [0, 0.05) is 51.7 Å². The maximum atomic E-state index is 12.6. The lowest BCUT2D eigenvalue weighted by atomic mass is 10.0. The van der Waals surface area contributed by atoms with Crippen molar-refractivity contribution in [3.8, 4) is 0 Å². The van der Waals surface area contributed by atoms with Crippen LogP contribution in [0.3, 0.4) is 0 Å². The van der Waals surface area contributed by atoms with Gasteiger partial charge in [-0.3, -0.25) is 19.3 Å². The summed E-state index contributed by atoms with van der Waals surface area (Å²) in [6.45, 7) is 7.05. The molecule has 2 aliphatic rings. The van der Waals surface area contributed by atoms with Gasteiger partial charge in [-0.25, -0.2) is 9.97 Å². The van der Waals surface area contributed by atoms with Gasteiger partial charge in [0.15, 0.2) is 6.39 Å². The van der Waals surface area contributed by atoms with Gasteiger partial charge in [-0.1, -0.05) is 13.0 Å². The zero-order valence-corrected chi connectivity index (χ0v) is 22.0. The van der Waals surface area contributed by atoms with Crippen LogP contribution < -0.4 is 10.2 Å². The summed E-state index contributed by atoms with van der Waals surface area (Å²) in [5, 5.41) is 14.3. The first-order chi connectivity index (χ1) is 18.6. The third-order valence-corrected chi connectivity index (χ3v) is 6.90. The van der Waals surface area contributed by atoms with Crippen LogP contribution in [0.5, 0.6) is 0 Å². The molecule has 2 fully saturated rings. The summed E-state index contributed by atoms with van der Waals surface area (Å²) in [5.41, 5.74) is 1.04. The Morgan fingerprint density at radius 1 is 1.18 bits per heavy atom. The molecule has 0 radical (unpaired) electrons. The monoisotopic (exact) mass is 530 g/mol. The summed E-state index contributed by atoms with van der Waals surface area (Å²) in [6, 6.07) is 6.00. The number of ether oxygens (including phenoxy) is 1. The average molecular weight is 531 g/mol. The summed E-state index contributed by atoms with van der Waals surface area (Å²) < 4.78 is 10.1. The minimum absolute atomic E-state index is 0.0591. The van der Waals surface area contributed by atoms with E-state index in [-0.39, 0.29) is 31.6 Å². The summed E-state index contributed by atoms with van der Waals surface area (Å²) in [4.78, 5) is 43.3. The van der Waals surface area contributed by atoms with E-state index in [1.807, 2.05) is 17.2 Å². The summed E-state index contributed by atoms with van der Waals surface area (Å²) >= 11 is 0. The van der Waals surface area contributed by atoms with Gasteiger partial charge in [-0.15, -0.1) is 0 Å². The fraction of sp³-hybridized carbons (Fsp3) is 0.615. The molecule has 12 nitrogen and oxygen atoms in total. The Bertz CT molecular complexity index is 1010. The Labute approximate surface area is 222 Å². The second kappa shape index (κ2) is 14.2. The van der Waals surface area contributed by atoms with Crippen molar-refractivity contribution in [1.29, 1.82) is 0 Å². The lowest BCUT2D eigenvalue weighted by Gasteiger charge is -2.38. The first-order valence-electron chi connectivity index (χ1n) is 13.3. The Morgan fingerprint density at radius 2 is 2.03 bits per heavy atom. The second-order valence-corrected chi connectivity index (χ2v) is 9.53. The minimum atomic E-state index is -0.540. The third-order valence-electron chi connectivity index (χ3n) is 6.90. The van der Waals surface area contributed by atoms with Gasteiger partial charge in [0.2, 0.25) is 0 Å². The summed E-state index contributed by atoms with van der Waals surface area (Å²) in [7, 11) is 0. The van der Waals surface area contributed by atoms with E-state index in [0.717, 1.165) is 64.3 Å². The molecule has 1 unspecified atom stereocenters. The SMILES string of the molecule is CCC(=O)OCC(CO)ON1CCC(N2CCCN(c3cccc(C(=O)NCc4cocn4)n3)CC2)CC1. The number of carbonyl (C=O) groups excluding carboxylic acids is 2. The molecule has 1 atom stereocenters. The maximum absolute atomic E-state index is 12.6. The molecule has 2 aromatic rings. The van der Waals surface area contributed by atoms with Gasteiger partial charge in [0.25, 0.3) is 5.91 Å². The number of carbonyl (C=O) groups is 2. The number of esters is 1. The third kappa shape index (κ3) is 7.97. The molecule has 1 amide bonds. The fourth-order valence-electron chi connectivity index (χ4n) is 4.77. The van der Waals surface area contributed by atoms with Crippen LogP contribution in [0.2, 0.25) is 0 Å². The van der Waals surface area contributed by atoms with Gasteiger partial charge in [-0.05, 0) is 31.4 Å². The number of pyridine rings is 1. The van der Waals surface area contributed by atoms with Crippen molar-refractivity contribution >= 4 is 17.7 Å². The molecule has 0 spiro atoms. The molecular formula is C26H38N6O6. The van der Waals surface area contributed by atoms with Crippen molar-refractivity contribution in [2.75, 3.05) is 57.4 Å². The van der Waals surface area contributed by atoms with E-state index in [2.05, 4.69) is 25.1 Å². The Balaban J connectivity index is 1.23. The highest BCUT2D eigenvalue weighted by atomic mass is 16.7. The molecule has 12 heteroatoms. The predicted molar refractivity (Wildman–Crippen MR) is 138 cm³/mol. The first kappa shape index (κ1) is 28.0. The number of nitrogens with zero attached hydrogens (tertiary/aromatic N) is 5. The van der Waals surface area contributed by atoms with Crippen LogP contribution in [-0.2, 0) is 20.9 Å². The highest BCUT2D eigenvalue weighted by Crippen LogP contribution is 2.21. The predicted octanol–water partition coefficient (Wildman–Crippen LogP) is 1.22. The zero-order valence-electron chi connectivity index (χ0n) is 22.0. The molecule has 0 bridgehead atoms. The number of aliphatic hydroxyl groups is 1. The van der Waals surface area contributed by atoms with Gasteiger partial charge in [0.05, 0.1) is 18.8 Å². The van der Waals surface area contributed by atoms with Crippen LogP contribution in [-0.4, -0.2) is 102 Å². The largest absolute Gasteiger partial charge is 0.463 e. The number of hydrogen-bond acceptors (Lipinski definition) is 11. The number of nitrogens with one attached hydrogen (secondary N) is 1. The van der Waals surface area contributed by atoms with Crippen molar-refractivity contribution in [1.82, 2.24) is 25.2 Å². The normalized spacial score (nSPS) is 18.6. The number of hydroxylamine groups is 2. The number of hydrogen-bond donors (Lipinski definition) is 2. The van der Waals surface area contributed by atoms with Gasteiger partial charge < -0.3 is 24.5 Å². The van der Waals surface area contributed by atoms with Crippen molar-refractivity contribution in [3.63, 3.8) is 0 Å². The quantitative estimate of drug-likeness (QED) is 0.406. The van der Waals surface area contributed by atoms with Gasteiger partial charge in [0.1, 0.15) is 30.5 Å². The highest BCUT2D eigenvalue weighted by Gasteiger charge is 2.28. The molecule has 4 rings (SSSR count). The lowest BCUT2D eigenvalue weighted by Crippen LogP contribution is -2.47. The molecule has 0 saturated carbocycles. The highest BCUT2D eigenvalue weighted by molar-refractivity contribution is 5.92. The number of anilines is 1. The number of piperidine rings is 1. The molecule has 0 aromatic carbocycles. The molecule has 2 N–H and O–H groups in total. The van der Waals surface area contributed by atoms with Crippen LogP contribution in [0, 0.1) is 0 Å². The molecule has 208 valence electrons. The van der Waals surface area contributed by atoms with E-state index >= 15 is 0 Å². The van der Waals surface area contributed by atoms with Crippen molar-refractivity contribution in [2.24, 2.45) is 0 Å². The van der Waals surface area contributed by atoms with Crippen molar-refractivity contribution in [2.45, 2.75) is 51.3 Å². The number of aliphatic hydroxyl groups excluding tert-OH is 1. The van der Waals surface area contributed by atoms with Crippen LogP contribution >= 0.6 is 0 Å². The van der Waals surface area contributed by atoms with Gasteiger partial charge in [-0.2, -0.15) is 5.06 Å². The fourth-order valence-corrected chi connectivity index (χ4v) is 4.77. The molecule has 2 aromatic heterocycles. The number of amides is 1. The lowest BCUT2D eigenvalue weighted by molar-refractivity contribution is -0.229. The minimum Gasteiger partial charge on any atom is -0.463 e. The maximum Gasteiger partial charge on any atom is 0.305 e. The van der Waals surface area contributed by atoms with Crippen LogP contribution in [0.25, 0.3) is 0 Å². The Kier molecular flexibility index (Phi) is 10.4. The first-order valence-corrected chi connectivity index (χ1v) is 13.3. The molecule has 38 heavy (non-hydrogen) atoms. The molecule has 2 saturated heterocycles. The molecule has 0 aliphatic carbocycles. The van der Waals surface area contributed by atoms with Crippen LogP contribution in [0.1, 0.15) is 48.8 Å². The average Bonchev–Trinajstić information content (AvgIpc) is 3.36. The van der Waals surface area contributed by atoms with Crippen molar-refractivity contribution < 1.29 is 28.7 Å². The zero-order chi connectivity index (χ0) is 26.7. The topological polar surface area (TPSA) is 134 Å². The number of oxazole rings is 1. The number of rotatable bonds is 11. The molecule has 2 aliphatic heterocycles. The van der Waals surface area contributed by atoms with E-state index in [9.17, 15) is 14.7 Å². The second-order valence-electron chi connectivity index (χ2n) is 9.53. The van der Waals surface area contributed by atoms with Crippen LogP contribution in [0.15, 0.2) is 35.3 Å².